The van der Waals surface area contributed by atoms with Gasteiger partial charge in [0.05, 0.1) is 10.9 Å². The number of amides is 1. The second-order valence-electron chi connectivity index (χ2n) is 6.56. The van der Waals surface area contributed by atoms with E-state index in [4.69, 9.17) is 0 Å². The third kappa shape index (κ3) is 1.55. The first-order chi connectivity index (χ1) is 11.2. The zero-order valence-electron chi connectivity index (χ0n) is 12.9. The minimum absolute atomic E-state index is 0.139. The maximum Gasteiger partial charge on any atom is 0.235 e. The minimum Gasteiger partial charge on any atom is -0.325 e. The van der Waals surface area contributed by atoms with Crippen molar-refractivity contribution in [2.45, 2.75) is 31.1 Å². The minimum atomic E-state index is -0.367. The summed E-state index contributed by atoms with van der Waals surface area (Å²) in [5, 5.41) is 11.7. The Balaban J connectivity index is 1.59. The SMILES string of the molecule is CCc1[nH]nc2cc(C3CC34C(=O)Nc3ccccc34)ccc12. The number of aromatic nitrogens is 2. The van der Waals surface area contributed by atoms with Crippen LogP contribution in [0.1, 0.15) is 36.1 Å². The van der Waals surface area contributed by atoms with Crippen molar-refractivity contribution in [2.75, 3.05) is 5.32 Å². The summed E-state index contributed by atoms with van der Waals surface area (Å²) in [5.74, 6) is 0.386. The summed E-state index contributed by atoms with van der Waals surface area (Å²) in [6.45, 7) is 2.12. The molecule has 23 heavy (non-hydrogen) atoms. The van der Waals surface area contributed by atoms with Gasteiger partial charge < -0.3 is 5.32 Å². The lowest BCUT2D eigenvalue weighted by Crippen LogP contribution is -2.20. The Morgan fingerprint density at radius 2 is 2.13 bits per heavy atom. The summed E-state index contributed by atoms with van der Waals surface area (Å²) in [7, 11) is 0. The fourth-order valence-corrected chi connectivity index (χ4v) is 4.12. The summed E-state index contributed by atoms with van der Waals surface area (Å²) >= 11 is 0. The van der Waals surface area contributed by atoms with Gasteiger partial charge in [0.15, 0.2) is 0 Å². The summed E-state index contributed by atoms with van der Waals surface area (Å²) in [6, 6.07) is 14.5. The average Bonchev–Trinajstić information content (AvgIpc) is 3.10. The number of carbonyl (C=O) groups excluding carboxylic acids is 1. The van der Waals surface area contributed by atoms with Crippen molar-refractivity contribution in [3.63, 3.8) is 0 Å². The molecule has 2 aliphatic rings. The fraction of sp³-hybridized carbons (Fsp3) is 0.263. The van der Waals surface area contributed by atoms with Gasteiger partial charge in [-0.2, -0.15) is 5.10 Å². The largest absolute Gasteiger partial charge is 0.325 e. The predicted molar refractivity (Wildman–Crippen MR) is 89.6 cm³/mol. The van der Waals surface area contributed by atoms with Crippen LogP contribution in [-0.2, 0) is 16.6 Å². The average molecular weight is 303 g/mol. The van der Waals surface area contributed by atoms with E-state index in [0.717, 1.165) is 29.6 Å². The highest BCUT2D eigenvalue weighted by Crippen LogP contribution is 2.64. The van der Waals surface area contributed by atoms with Gasteiger partial charge in [-0.1, -0.05) is 37.3 Å². The summed E-state index contributed by atoms with van der Waals surface area (Å²) in [4.78, 5) is 12.6. The summed E-state index contributed by atoms with van der Waals surface area (Å²) < 4.78 is 0. The number of anilines is 1. The van der Waals surface area contributed by atoms with Gasteiger partial charge in [-0.15, -0.1) is 0 Å². The predicted octanol–water partition coefficient (Wildman–Crippen LogP) is 3.50. The first-order valence-corrected chi connectivity index (χ1v) is 8.12. The van der Waals surface area contributed by atoms with Crippen LogP contribution >= 0.6 is 0 Å². The Morgan fingerprint density at radius 1 is 1.26 bits per heavy atom. The molecular formula is C19H17N3O. The lowest BCUT2D eigenvalue weighted by Gasteiger charge is -2.08. The van der Waals surface area contributed by atoms with Crippen molar-refractivity contribution < 1.29 is 4.79 Å². The van der Waals surface area contributed by atoms with Gasteiger partial charge in [0.1, 0.15) is 0 Å². The van der Waals surface area contributed by atoms with Crippen molar-refractivity contribution in [3.8, 4) is 0 Å². The number of nitrogens with zero attached hydrogens (tertiary/aromatic N) is 1. The van der Waals surface area contributed by atoms with E-state index in [0.29, 0.717) is 0 Å². The van der Waals surface area contributed by atoms with Gasteiger partial charge in [-0.05, 0) is 36.1 Å². The normalized spacial score (nSPS) is 24.9. The Labute approximate surface area is 133 Å². The van der Waals surface area contributed by atoms with Crippen LogP contribution in [0, 0.1) is 0 Å². The molecule has 0 bridgehead atoms. The molecule has 1 fully saturated rings. The molecule has 2 unspecified atom stereocenters. The molecular weight excluding hydrogens is 286 g/mol. The van der Waals surface area contributed by atoms with Gasteiger partial charge in [0.2, 0.25) is 5.91 Å². The van der Waals surface area contributed by atoms with E-state index in [9.17, 15) is 4.79 Å². The Bertz CT molecular complexity index is 958. The van der Waals surface area contributed by atoms with E-state index in [-0.39, 0.29) is 17.2 Å². The van der Waals surface area contributed by atoms with Crippen LogP contribution in [0.5, 0.6) is 0 Å². The van der Waals surface area contributed by atoms with Crippen LogP contribution in [0.4, 0.5) is 5.69 Å². The third-order valence-electron chi connectivity index (χ3n) is 5.44. The zero-order valence-corrected chi connectivity index (χ0v) is 12.9. The third-order valence-corrected chi connectivity index (χ3v) is 5.44. The van der Waals surface area contributed by atoms with Gasteiger partial charge in [-0.25, -0.2) is 0 Å². The number of fused-ring (bicyclic) bond motifs is 3. The molecule has 2 heterocycles. The van der Waals surface area contributed by atoms with Gasteiger partial charge >= 0.3 is 0 Å². The van der Waals surface area contributed by atoms with Crippen molar-refractivity contribution in [1.82, 2.24) is 10.2 Å². The fourth-order valence-electron chi connectivity index (χ4n) is 4.12. The second kappa shape index (κ2) is 4.22. The second-order valence-corrected chi connectivity index (χ2v) is 6.56. The topological polar surface area (TPSA) is 57.8 Å². The molecule has 1 aliphatic heterocycles. The molecule has 1 amide bonds. The lowest BCUT2D eigenvalue weighted by molar-refractivity contribution is -0.118. The highest BCUT2D eigenvalue weighted by molar-refractivity contribution is 6.09. The first-order valence-electron chi connectivity index (χ1n) is 8.12. The number of H-pyrrole nitrogens is 1. The van der Waals surface area contributed by atoms with Crippen molar-refractivity contribution in [3.05, 3.63) is 59.3 Å². The molecule has 114 valence electrons. The number of carbonyl (C=O) groups is 1. The van der Waals surface area contributed by atoms with Gasteiger partial charge in [-0.3, -0.25) is 9.89 Å². The molecule has 1 spiro atoms. The molecule has 2 aromatic carbocycles. The summed E-state index contributed by atoms with van der Waals surface area (Å²) in [6.07, 6.45) is 1.82. The number of aromatic amines is 1. The lowest BCUT2D eigenvalue weighted by atomic mass is 9.92. The van der Waals surface area contributed by atoms with Crippen LogP contribution in [0.2, 0.25) is 0 Å². The summed E-state index contributed by atoms with van der Waals surface area (Å²) in [5.41, 5.74) is 5.11. The van der Waals surface area contributed by atoms with Gasteiger partial charge in [0.25, 0.3) is 0 Å². The van der Waals surface area contributed by atoms with E-state index >= 15 is 0 Å². The molecule has 2 atom stereocenters. The molecule has 4 heteroatoms. The van der Waals surface area contributed by atoms with Crippen molar-refractivity contribution in [1.29, 1.82) is 0 Å². The zero-order chi connectivity index (χ0) is 15.6. The van der Waals surface area contributed by atoms with E-state index < -0.39 is 0 Å². The number of hydrogen-bond acceptors (Lipinski definition) is 2. The van der Waals surface area contributed by atoms with Crippen LogP contribution in [0.25, 0.3) is 10.9 Å². The number of benzene rings is 2. The molecule has 1 aliphatic carbocycles. The molecule has 1 saturated carbocycles. The highest BCUT2D eigenvalue weighted by Gasteiger charge is 2.65. The number of hydrogen-bond donors (Lipinski definition) is 2. The molecule has 2 N–H and O–H groups in total. The molecule has 1 aromatic heterocycles. The smallest absolute Gasteiger partial charge is 0.235 e. The van der Waals surface area contributed by atoms with E-state index in [1.54, 1.807) is 0 Å². The number of rotatable bonds is 2. The molecule has 0 radical (unpaired) electrons. The Hall–Kier alpha value is -2.62. The van der Waals surface area contributed by atoms with Gasteiger partial charge in [0, 0.05) is 22.7 Å². The molecule has 3 aromatic rings. The van der Waals surface area contributed by atoms with Crippen LogP contribution in [0.15, 0.2) is 42.5 Å². The maximum absolute atomic E-state index is 12.6. The maximum atomic E-state index is 12.6. The first kappa shape index (κ1) is 12.9. The van der Waals surface area contributed by atoms with Crippen LogP contribution in [-0.4, -0.2) is 16.1 Å². The van der Waals surface area contributed by atoms with Crippen LogP contribution < -0.4 is 5.32 Å². The van der Waals surface area contributed by atoms with E-state index in [1.807, 2.05) is 18.2 Å². The number of para-hydroxylation sites is 1. The quantitative estimate of drug-likeness (QED) is 0.761. The highest BCUT2D eigenvalue weighted by atomic mass is 16.2. The van der Waals surface area contributed by atoms with Crippen molar-refractivity contribution in [2.24, 2.45) is 0 Å². The Kier molecular flexibility index (Phi) is 2.36. The Morgan fingerprint density at radius 3 is 3.00 bits per heavy atom. The molecule has 0 saturated heterocycles. The molecule has 5 rings (SSSR count). The standard InChI is InChI=1S/C19H17N3O/c1-2-15-12-8-7-11(9-17(12)22-21-15)14-10-19(14)13-5-3-4-6-16(13)20-18(19)23/h3-9,14H,2,10H2,1H3,(H,20,23)(H,21,22). The van der Waals surface area contributed by atoms with E-state index in [1.165, 1.54) is 16.6 Å². The molecule has 4 nitrogen and oxygen atoms in total. The number of aryl methyl sites for hydroxylation is 1. The van der Waals surface area contributed by atoms with Crippen molar-refractivity contribution >= 4 is 22.5 Å². The monoisotopic (exact) mass is 303 g/mol. The van der Waals surface area contributed by atoms with E-state index in [2.05, 4.69) is 46.7 Å². The number of nitrogens with one attached hydrogen (secondary N) is 2. The van der Waals surface area contributed by atoms with Crippen LogP contribution in [0.3, 0.4) is 0 Å².